The Kier molecular flexibility index (Phi) is 4.16. The zero-order valence-electron chi connectivity index (χ0n) is 12.8. The molecule has 1 aromatic carbocycles. The Labute approximate surface area is 120 Å². The van der Waals surface area contributed by atoms with Gasteiger partial charge in [-0.3, -0.25) is 4.79 Å². The third-order valence-electron chi connectivity index (χ3n) is 3.87. The minimum atomic E-state index is -0.00322. The highest BCUT2D eigenvalue weighted by molar-refractivity contribution is 5.78. The fourth-order valence-corrected chi connectivity index (χ4v) is 2.50. The number of fused-ring (bicyclic) bond motifs is 1. The third kappa shape index (κ3) is 3.02. The second kappa shape index (κ2) is 5.54. The lowest BCUT2D eigenvalue weighted by Crippen LogP contribution is -2.28. The summed E-state index contributed by atoms with van der Waals surface area (Å²) in [5.74, 6) is 0.0327. The van der Waals surface area contributed by atoms with Gasteiger partial charge in [-0.05, 0) is 22.1 Å². The van der Waals surface area contributed by atoms with Crippen LogP contribution in [0.4, 0.5) is 0 Å². The largest absolute Gasteiger partial charge is 0.375 e. The zero-order valence-corrected chi connectivity index (χ0v) is 12.8. The molecular formula is C16H24N2O2. The molecule has 1 aromatic rings. The molecule has 110 valence electrons. The Bertz CT molecular complexity index is 506. The fourth-order valence-electron chi connectivity index (χ4n) is 2.50. The van der Waals surface area contributed by atoms with Gasteiger partial charge >= 0.3 is 0 Å². The molecule has 0 fully saturated rings. The van der Waals surface area contributed by atoms with E-state index >= 15 is 0 Å². The highest BCUT2D eigenvalue weighted by Gasteiger charge is 2.26. The number of benzene rings is 1. The lowest BCUT2D eigenvalue weighted by atomic mass is 9.82. The van der Waals surface area contributed by atoms with Crippen molar-refractivity contribution in [1.82, 2.24) is 4.90 Å². The number of amides is 1. The SMILES string of the molecule is COCC(=O)N1Cc2ccc(C(N)C(C)(C)C)cc2C1. The van der Waals surface area contributed by atoms with Crippen molar-refractivity contribution in [3.05, 3.63) is 34.9 Å². The Hall–Kier alpha value is -1.39. The number of methoxy groups -OCH3 is 1. The first-order chi connectivity index (χ1) is 9.32. The summed E-state index contributed by atoms with van der Waals surface area (Å²) in [7, 11) is 1.54. The van der Waals surface area contributed by atoms with Gasteiger partial charge in [-0.2, -0.15) is 0 Å². The minimum Gasteiger partial charge on any atom is -0.375 e. The summed E-state index contributed by atoms with van der Waals surface area (Å²) < 4.78 is 4.91. The normalized spacial score (nSPS) is 16.1. The summed E-state index contributed by atoms with van der Waals surface area (Å²) in [6, 6.07) is 6.32. The molecule has 20 heavy (non-hydrogen) atoms. The molecule has 0 bridgehead atoms. The minimum absolute atomic E-state index is 0.00322. The molecule has 1 unspecified atom stereocenters. The molecule has 4 nitrogen and oxygen atoms in total. The van der Waals surface area contributed by atoms with E-state index in [1.807, 2.05) is 4.90 Å². The maximum atomic E-state index is 11.9. The summed E-state index contributed by atoms with van der Waals surface area (Å²) in [4.78, 5) is 13.7. The number of ether oxygens (including phenoxy) is 1. The number of hydrogen-bond donors (Lipinski definition) is 1. The summed E-state index contributed by atoms with van der Waals surface area (Å²) >= 11 is 0. The van der Waals surface area contributed by atoms with Gasteiger partial charge in [-0.1, -0.05) is 39.0 Å². The van der Waals surface area contributed by atoms with Gasteiger partial charge in [0, 0.05) is 26.2 Å². The van der Waals surface area contributed by atoms with Gasteiger partial charge in [0.15, 0.2) is 0 Å². The van der Waals surface area contributed by atoms with Gasteiger partial charge in [0.05, 0.1) is 0 Å². The summed E-state index contributed by atoms with van der Waals surface area (Å²) in [5.41, 5.74) is 9.88. The number of nitrogens with two attached hydrogens (primary N) is 1. The second-order valence-electron chi connectivity index (χ2n) is 6.55. The molecule has 0 saturated carbocycles. The molecular weight excluding hydrogens is 252 g/mol. The van der Waals surface area contributed by atoms with Crippen LogP contribution in [0, 0.1) is 5.41 Å². The van der Waals surface area contributed by atoms with Gasteiger partial charge in [0.1, 0.15) is 6.61 Å². The molecule has 4 heteroatoms. The van der Waals surface area contributed by atoms with Crippen LogP contribution in [-0.2, 0) is 22.6 Å². The quantitative estimate of drug-likeness (QED) is 0.921. The van der Waals surface area contributed by atoms with E-state index in [9.17, 15) is 4.79 Å². The van der Waals surface area contributed by atoms with Crippen molar-refractivity contribution < 1.29 is 9.53 Å². The maximum Gasteiger partial charge on any atom is 0.249 e. The standard InChI is InChI=1S/C16H24N2O2/c1-16(2,3)15(17)11-5-6-12-8-18(9-13(12)7-11)14(19)10-20-4/h5-7,15H,8-10,17H2,1-4H3. The van der Waals surface area contributed by atoms with Crippen LogP contribution >= 0.6 is 0 Å². The van der Waals surface area contributed by atoms with Crippen molar-refractivity contribution in [2.45, 2.75) is 39.9 Å². The number of hydrogen-bond acceptors (Lipinski definition) is 3. The molecule has 2 N–H and O–H groups in total. The summed E-state index contributed by atoms with van der Waals surface area (Å²) in [6.45, 7) is 7.88. The van der Waals surface area contributed by atoms with Gasteiger partial charge in [-0.15, -0.1) is 0 Å². The molecule has 1 aliphatic rings. The number of rotatable bonds is 3. The van der Waals surface area contributed by atoms with Crippen LogP contribution in [-0.4, -0.2) is 24.5 Å². The molecule has 2 rings (SSSR count). The number of nitrogens with zero attached hydrogens (tertiary/aromatic N) is 1. The zero-order chi connectivity index (χ0) is 14.9. The van der Waals surface area contributed by atoms with Crippen LogP contribution in [0.5, 0.6) is 0 Å². The Morgan fingerprint density at radius 2 is 2.00 bits per heavy atom. The van der Waals surface area contributed by atoms with Gasteiger partial charge in [-0.25, -0.2) is 0 Å². The van der Waals surface area contributed by atoms with Crippen LogP contribution in [0.2, 0.25) is 0 Å². The fraction of sp³-hybridized carbons (Fsp3) is 0.562. The third-order valence-corrected chi connectivity index (χ3v) is 3.87. The van der Waals surface area contributed by atoms with Crippen molar-refractivity contribution >= 4 is 5.91 Å². The van der Waals surface area contributed by atoms with E-state index in [4.69, 9.17) is 10.5 Å². The summed E-state index contributed by atoms with van der Waals surface area (Å²) in [5, 5.41) is 0. The average molecular weight is 276 g/mol. The van der Waals surface area contributed by atoms with E-state index in [2.05, 4.69) is 39.0 Å². The molecule has 1 aliphatic heterocycles. The predicted octanol–water partition coefficient (Wildman–Crippen LogP) is 2.22. The lowest BCUT2D eigenvalue weighted by Gasteiger charge is -2.27. The monoisotopic (exact) mass is 276 g/mol. The highest BCUT2D eigenvalue weighted by Crippen LogP contribution is 2.33. The molecule has 0 radical (unpaired) electrons. The first-order valence-electron chi connectivity index (χ1n) is 6.97. The van der Waals surface area contributed by atoms with Gasteiger partial charge in [0.25, 0.3) is 0 Å². The second-order valence-corrected chi connectivity index (χ2v) is 6.55. The van der Waals surface area contributed by atoms with E-state index in [1.54, 1.807) is 7.11 Å². The smallest absolute Gasteiger partial charge is 0.249 e. The van der Waals surface area contributed by atoms with Crippen molar-refractivity contribution in [2.24, 2.45) is 11.1 Å². The van der Waals surface area contributed by atoms with E-state index in [1.165, 1.54) is 11.1 Å². The number of carbonyl (C=O) groups excluding carboxylic acids is 1. The van der Waals surface area contributed by atoms with E-state index in [0.29, 0.717) is 13.1 Å². The van der Waals surface area contributed by atoms with Crippen molar-refractivity contribution in [1.29, 1.82) is 0 Å². The van der Waals surface area contributed by atoms with Crippen molar-refractivity contribution in [3.8, 4) is 0 Å². The van der Waals surface area contributed by atoms with E-state index in [-0.39, 0.29) is 24.0 Å². The van der Waals surface area contributed by atoms with E-state index in [0.717, 1.165) is 5.56 Å². The molecule has 1 atom stereocenters. The lowest BCUT2D eigenvalue weighted by molar-refractivity contribution is -0.135. The molecule has 1 heterocycles. The van der Waals surface area contributed by atoms with Crippen LogP contribution in [0.1, 0.15) is 43.5 Å². The molecule has 1 amide bonds. The first kappa shape index (κ1) is 15.0. The Balaban J connectivity index is 2.17. The van der Waals surface area contributed by atoms with Crippen LogP contribution in [0.15, 0.2) is 18.2 Å². The molecule has 0 aliphatic carbocycles. The van der Waals surface area contributed by atoms with Crippen molar-refractivity contribution in [2.75, 3.05) is 13.7 Å². The predicted molar refractivity (Wildman–Crippen MR) is 79.0 cm³/mol. The molecule has 0 spiro atoms. The average Bonchev–Trinajstić information content (AvgIpc) is 2.79. The highest BCUT2D eigenvalue weighted by atomic mass is 16.5. The molecule has 0 saturated heterocycles. The topological polar surface area (TPSA) is 55.6 Å². The van der Waals surface area contributed by atoms with Gasteiger partial charge < -0.3 is 15.4 Å². The number of carbonyl (C=O) groups is 1. The first-order valence-corrected chi connectivity index (χ1v) is 6.97. The maximum absolute atomic E-state index is 11.9. The van der Waals surface area contributed by atoms with Crippen LogP contribution < -0.4 is 5.73 Å². The van der Waals surface area contributed by atoms with Crippen LogP contribution in [0.3, 0.4) is 0 Å². The van der Waals surface area contributed by atoms with Crippen molar-refractivity contribution in [3.63, 3.8) is 0 Å². The van der Waals surface area contributed by atoms with Gasteiger partial charge in [0.2, 0.25) is 5.91 Å². The van der Waals surface area contributed by atoms with Crippen LogP contribution in [0.25, 0.3) is 0 Å². The Morgan fingerprint density at radius 3 is 2.60 bits per heavy atom. The van der Waals surface area contributed by atoms with E-state index < -0.39 is 0 Å². The molecule has 0 aromatic heterocycles. The Morgan fingerprint density at radius 1 is 1.35 bits per heavy atom. The summed E-state index contributed by atoms with van der Waals surface area (Å²) in [6.07, 6.45) is 0.